The first-order valence-electron chi connectivity index (χ1n) is 6.24. The number of hydrogen-bond donors (Lipinski definition) is 1. The highest BCUT2D eigenvalue weighted by Gasteiger charge is 2.11. The van der Waals surface area contributed by atoms with Gasteiger partial charge in [0.25, 0.3) is 0 Å². The summed E-state index contributed by atoms with van der Waals surface area (Å²) in [6.45, 7) is 4.13. The fourth-order valence-electron chi connectivity index (χ4n) is 1.96. The van der Waals surface area contributed by atoms with Crippen LogP contribution in [-0.4, -0.2) is 4.98 Å². The minimum atomic E-state index is -0.307. The van der Waals surface area contributed by atoms with E-state index >= 15 is 0 Å². The lowest BCUT2D eigenvalue weighted by Gasteiger charge is -2.19. The maximum atomic E-state index is 12.9. The van der Waals surface area contributed by atoms with Crippen LogP contribution in [0, 0.1) is 12.7 Å². The number of pyridine rings is 1. The van der Waals surface area contributed by atoms with Gasteiger partial charge in [0.2, 0.25) is 0 Å². The van der Waals surface area contributed by atoms with Crippen LogP contribution in [0.1, 0.15) is 30.6 Å². The topological polar surface area (TPSA) is 24.9 Å². The summed E-state index contributed by atoms with van der Waals surface area (Å²) in [5.41, 5.74) is 3.09. The van der Waals surface area contributed by atoms with Crippen LogP contribution in [0.4, 0.5) is 10.1 Å². The third kappa shape index (κ3) is 3.53. The normalized spacial score (nSPS) is 12.2. The van der Waals surface area contributed by atoms with Crippen LogP contribution in [0.15, 0.2) is 41.0 Å². The number of aromatic nitrogens is 1. The second-order valence-corrected chi connectivity index (χ2v) is 5.38. The van der Waals surface area contributed by atoms with Crippen LogP contribution in [0.5, 0.6) is 0 Å². The van der Waals surface area contributed by atoms with Gasteiger partial charge < -0.3 is 5.32 Å². The quantitative estimate of drug-likeness (QED) is 0.869. The molecule has 1 heterocycles. The summed E-state index contributed by atoms with van der Waals surface area (Å²) < 4.78 is 14.0. The molecule has 0 saturated heterocycles. The Morgan fingerprint density at radius 3 is 2.68 bits per heavy atom. The van der Waals surface area contributed by atoms with E-state index in [1.54, 1.807) is 6.07 Å². The highest BCUT2D eigenvalue weighted by molar-refractivity contribution is 9.10. The average Bonchev–Trinajstić information content (AvgIpc) is 2.39. The second kappa shape index (κ2) is 6.15. The lowest BCUT2D eigenvalue weighted by atomic mass is 10.1. The number of nitrogens with zero attached hydrogens (tertiary/aromatic N) is 1. The SMILES string of the molecule is CCC(Nc1ccc(Br)cc1C)c1ccc(F)cn1. The van der Waals surface area contributed by atoms with E-state index in [-0.39, 0.29) is 11.9 Å². The molecule has 2 aromatic rings. The number of anilines is 1. The molecule has 100 valence electrons. The van der Waals surface area contributed by atoms with Gasteiger partial charge >= 0.3 is 0 Å². The molecule has 0 aliphatic heterocycles. The molecule has 1 aromatic carbocycles. The third-order valence-electron chi connectivity index (χ3n) is 3.03. The minimum Gasteiger partial charge on any atom is -0.376 e. The van der Waals surface area contributed by atoms with Crippen molar-refractivity contribution >= 4 is 21.6 Å². The van der Waals surface area contributed by atoms with Crippen molar-refractivity contribution in [1.29, 1.82) is 0 Å². The molecule has 0 saturated carbocycles. The Kier molecular flexibility index (Phi) is 4.53. The van der Waals surface area contributed by atoms with Gasteiger partial charge in [0, 0.05) is 10.2 Å². The molecule has 0 fully saturated rings. The van der Waals surface area contributed by atoms with Crippen molar-refractivity contribution in [2.75, 3.05) is 5.32 Å². The standard InChI is InChI=1S/C15H16BrFN2/c1-3-13(15-7-5-12(17)9-18-15)19-14-6-4-11(16)8-10(14)2/h4-9,13,19H,3H2,1-2H3. The Labute approximate surface area is 121 Å². The molecule has 19 heavy (non-hydrogen) atoms. The summed E-state index contributed by atoms with van der Waals surface area (Å²) in [5.74, 6) is -0.307. The smallest absolute Gasteiger partial charge is 0.141 e. The Bertz CT molecular complexity index is 555. The van der Waals surface area contributed by atoms with Crippen molar-refractivity contribution in [2.24, 2.45) is 0 Å². The molecule has 0 aliphatic rings. The molecule has 2 nitrogen and oxygen atoms in total. The Morgan fingerprint density at radius 1 is 1.32 bits per heavy atom. The molecule has 0 amide bonds. The first-order valence-corrected chi connectivity index (χ1v) is 7.03. The van der Waals surface area contributed by atoms with Gasteiger partial charge in [-0.3, -0.25) is 4.98 Å². The summed E-state index contributed by atoms with van der Waals surface area (Å²) >= 11 is 3.45. The highest BCUT2D eigenvalue weighted by Crippen LogP contribution is 2.25. The summed E-state index contributed by atoms with van der Waals surface area (Å²) in [6, 6.07) is 9.35. The van der Waals surface area contributed by atoms with Crippen LogP contribution in [0.3, 0.4) is 0 Å². The van der Waals surface area contributed by atoms with Crippen molar-refractivity contribution in [3.63, 3.8) is 0 Å². The van der Waals surface area contributed by atoms with E-state index in [9.17, 15) is 4.39 Å². The van der Waals surface area contributed by atoms with Gasteiger partial charge in [0.15, 0.2) is 0 Å². The molecule has 1 aromatic heterocycles. The van der Waals surface area contributed by atoms with Crippen LogP contribution in [-0.2, 0) is 0 Å². The molecule has 1 atom stereocenters. The van der Waals surface area contributed by atoms with Crippen molar-refractivity contribution in [2.45, 2.75) is 26.3 Å². The van der Waals surface area contributed by atoms with Gasteiger partial charge in [-0.1, -0.05) is 22.9 Å². The second-order valence-electron chi connectivity index (χ2n) is 4.47. The maximum absolute atomic E-state index is 12.9. The van der Waals surface area contributed by atoms with Gasteiger partial charge in [-0.25, -0.2) is 4.39 Å². The molecule has 1 unspecified atom stereocenters. The third-order valence-corrected chi connectivity index (χ3v) is 3.53. The van der Waals surface area contributed by atoms with Crippen molar-refractivity contribution < 1.29 is 4.39 Å². The van der Waals surface area contributed by atoms with Gasteiger partial charge in [0.05, 0.1) is 17.9 Å². The molecule has 2 rings (SSSR count). The number of hydrogen-bond acceptors (Lipinski definition) is 2. The summed E-state index contributed by atoms with van der Waals surface area (Å²) in [7, 11) is 0. The molecule has 4 heteroatoms. The summed E-state index contributed by atoms with van der Waals surface area (Å²) in [4.78, 5) is 4.15. The van der Waals surface area contributed by atoms with Gasteiger partial charge in [0.1, 0.15) is 5.82 Å². The van der Waals surface area contributed by atoms with Crippen LogP contribution in [0.2, 0.25) is 0 Å². The first-order chi connectivity index (χ1) is 9.10. The van der Waals surface area contributed by atoms with Gasteiger partial charge in [-0.05, 0) is 49.2 Å². The number of nitrogens with one attached hydrogen (secondary N) is 1. The van der Waals surface area contributed by atoms with Crippen LogP contribution >= 0.6 is 15.9 Å². The van der Waals surface area contributed by atoms with E-state index in [2.05, 4.69) is 46.1 Å². The summed E-state index contributed by atoms with van der Waals surface area (Å²) in [5, 5.41) is 3.45. The summed E-state index contributed by atoms with van der Waals surface area (Å²) in [6.07, 6.45) is 2.14. The minimum absolute atomic E-state index is 0.0838. The fourth-order valence-corrected chi connectivity index (χ4v) is 2.43. The zero-order valence-corrected chi connectivity index (χ0v) is 12.5. The Hall–Kier alpha value is -1.42. The molecule has 0 radical (unpaired) electrons. The number of halogens is 2. The Balaban J connectivity index is 2.21. The zero-order chi connectivity index (χ0) is 13.8. The van der Waals surface area contributed by atoms with E-state index in [1.807, 2.05) is 12.1 Å². The van der Waals surface area contributed by atoms with Gasteiger partial charge in [-0.2, -0.15) is 0 Å². The van der Waals surface area contributed by atoms with E-state index in [1.165, 1.54) is 12.3 Å². The van der Waals surface area contributed by atoms with E-state index in [4.69, 9.17) is 0 Å². The molecule has 0 bridgehead atoms. The van der Waals surface area contributed by atoms with Crippen molar-refractivity contribution in [3.8, 4) is 0 Å². The van der Waals surface area contributed by atoms with E-state index < -0.39 is 0 Å². The predicted molar refractivity (Wildman–Crippen MR) is 79.7 cm³/mol. The molecule has 1 N–H and O–H groups in total. The molecule has 0 aliphatic carbocycles. The molecular weight excluding hydrogens is 307 g/mol. The number of aryl methyl sites for hydroxylation is 1. The monoisotopic (exact) mass is 322 g/mol. The Morgan fingerprint density at radius 2 is 2.11 bits per heavy atom. The lowest BCUT2D eigenvalue weighted by Crippen LogP contribution is -2.12. The highest BCUT2D eigenvalue weighted by atomic mass is 79.9. The van der Waals surface area contributed by atoms with E-state index in [0.29, 0.717) is 0 Å². The lowest BCUT2D eigenvalue weighted by molar-refractivity contribution is 0.614. The maximum Gasteiger partial charge on any atom is 0.141 e. The molecule has 0 spiro atoms. The first kappa shape index (κ1) is 14.0. The number of rotatable bonds is 4. The van der Waals surface area contributed by atoms with Crippen LogP contribution in [0.25, 0.3) is 0 Å². The zero-order valence-electron chi connectivity index (χ0n) is 11.0. The predicted octanol–water partition coefficient (Wildman–Crippen LogP) is 4.85. The van der Waals surface area contributed by atoms with Crippen molar-refractivity contribution in [1.82, 2.24) is 4.98 Å². The van der Waals surface area contributed by atoms with Crippen molar-refractivity contribution in [3.05, 3.63) is 58.1 Å². The van der Waals surface area contributed by atoms with E-state index in [0.717, 1.165) is 27.8 Å². The van der Waals surface area contributed by atoms with Crippen LogP contribution < -0.4 is 5.32 Å². The largest absolute Gasteiger partial charge is 0.376 e. The average molecular weight is 323 g/mol. The van der Waals surface area contributed by atoms with Gasteiger partial charge in [-0.15, -0.1) is 0 Å². The number of benzene rings is 1. The fraction of sp³-hybridized carbons (Fsp3) is 0.267. The molecular formula is C15H16BrFN2.